The zero-order valence-corrected chi connectivity index (χ0v) is 14.7. The number of aromatic hydroxyl groups is 2. The number of aromatic nitrogens is 3. The maximum atomic E-state index is 12.7. The predicted molar refractivity (Wildman–Crippen MR) is 90.6 cm³/mol. The van der Waals surface area contributed by atoms with E-state index in [1.165, 1.54) is 19.2 Å². The van der Waals surface area contributed by atoms with Crippen molar-refractivity contribution in [3.63, 3.8) is 0 Å². The van der Waals surface area contributed by atoms with Gasteiger partial charge < -0.3 is 19.9 Å². The molecule has 0 aliphatic rings. The summed E-state index contributed by atoms with van der Waals surface area (Å²) in [5, 5.41) is 19.0. The van der Waals surface area contributed by atoms with Crippen LogP contribution in [0.2, 0.25) is 0 Å². The van der Waals surface area contributed by atoms with Crippen molar-refractivity contribution < 1.29 is 23.4 Å². The Morgan fingerprint density at radius 1 is 1.24 bits per heavy atom. The molecule has 8 nitrogen and oxygen atoms in total. The molecule has 0 saturated carbocycles. The Labute approximate surface area is 144 Å². The monoisotopic (exact) mass is 363 g/mol. The van der Waals surface area contributed by atoms with Crippen LogP contribution in [0.15, 0.2) is 23.5 Å². The first-order valence-corrected chi connectivity index (χ1v) is 9.02. The lowest BCUT2D eigenvalue weighted by Gasteiger charge is -2.11. The third-order valence-corrected chi connectivity index (χ3v) is 5.39. The zero-order valence-electron chi connectivity index (χ0n) is 13.9. The highest BCUT2D eigenvalue weighted by molar-refractivity contribution is 7.90. The van der Waals surface area contributed by atoms with E-state index in [9.17, 15) is 18.6 Å². The van der Waals surface area contributed by atoms with Gasteiger partial charge in [-0.1, -0.05) is 0 Å². The van der Waals surface area contributed by atoms with Crippen molar-refractivity contribution in [2.45, 2.75) is 24.8 Å². The molecule has 0 saturated heterocycles. The Balaban J connectivity index is 2.05. The van der Waals surface area contributed by atoms with Gasteiger partial charge in [0.15, 0.2) is 11.5 Å². The maximum absolute atomic E-state index is 12.7. The van der Waals surface area contributed by atoms with Crippen LogP contribution >= 0.6 is 0 Å². The molecule has 3 rings (SSSR count). The predicted octanol–water partition coefficient (Wildman–Crippen LogP) is 1.97. The van der Waals surface area contributed by atoms with E-state index >= 15 is 0 Å². The molecule has 2 aromatic heterocycles. The third kappa shape index (κ3) is 2.86. The summed E-state index contributed by atoms with van der Waals surface area (Å²) in [4.78, 5) is 10.8. The van der Waals surface area contributed by atoms with Crippen LogP contribution in [-0.2, 0) is 15.6 Å². The van der Waals surface area contributed by atoms with E-state index in [0.717, 1.165) is 5.56 Å². The lowest BCUT2D eigenvalue weighted by atomic mass is 10.1. The van der Waals surface area contributed by atoms with Crippen LogP contribution in [0.25, 0.3) is 11.0 Å². The number of methoxy groups -OCH3 is 1. The summed E-state index contributed by atoms with van der Waals surface area (Å²) < 4.78 is 30.7. The SMILES string of the molecule is COc1c(C)cnc(CS(=O)(=O)c2nc3c(O)c(O)ccc3[nH]2)c1C. The van der Waals surface area contributed by atoms with E-state index in [1.807, 2.05) is 6.92 Å². The van der Waals surface area contributed by atoms with E-state index in [0.29, 0.717) is 22.5 Å². The standard InChI is InChI=1S/C16H17N3O5S/c1-8-6-17-11(9(2)15(8)24-3)7-25(22,23)16-18-10-4-5-12(20)14(21)13(10)19-16/h4-6,20-21H,7H2,1-3H3,(H,18,19). The van der Waals surface area contributed by atoms with Crippen molar-refractivity contribution in [2.24, 2.45) is 0 Å². The number of hydrogen-bond donors (Lipinski definition) is 3. The summed E-state index contributed by atoms with van der Waals surface area (Å²) in [5.41, 5.74) is 2.10. The van der Waals surface area contributed by atoms with Gasteiger partial charge in [-0.05, 0) is 26.0 Å². The minimum Gasteiger partial charge on any atom is -0.504 e. The van der Waals surface area contributed by atoms with Gasteiger partial charge >= 0.3 is 0 Å². The maximum Gasteiger partial charge on any atom is 0.226 e. The fraction of sp³-hybridized carbons (Fsp3) is 0.250. The molecule has 0 unspecified atom stereocenters. The van der Waals surface area contributed by atoms with Crippen molar-refractivity contribution in [3.05, 3.63) is 35.2 Å². The average molecular weight is 363 g/mol. The number of ether oxygens (including phenoxy) is 1. The number of aromatic amines is 1. The first-order valence-electron chi connectivity index (χ1n) is 7.37. The first kappa shape index (κ1) is 17.0. The fourth-order valence-corrected chi connectivity index (χ4v) is 3.92. The van der Waals surface area contributed by atoms with Crippen molar-refractivity contribution in [1.82, 2.24) is 15.0 Å². The highest BCUT2D eigenvalue weighted by Gasteiger charge is 2.24. The second-order valence-electron chi connectivity index (χ2n) is 5.68. The van der Waals surface area contributed by atoms with Gasteiger partial charge in [0.1, 0.15) is 17.0 Å². The summed E-state index contributed by atoms with van der Waals surface area (Å²) in [6.07, 6.45) is 1.55. The Morgan fingerprint density at radius 2 is 1.96 bits per heavy atom. The number of H-pyrrole nitrogens is 1. The number of phenols is 2. The fourth-order valence-electron chi connectivity index (χ4n) is 2.64. The normalized spacial score (nSPS) is 11.8. The zero-order chi connectivity index (χ0) is 18.4. The number of imidazole rings is 1. The molecule has 0 spiro atoms. The molecule has 0 aliphatic carbocycles. The lowest BCUT2D eigenvalue weighted by molar-refractivity contribution is 0.407. The van der Waals surface area contributed by atoms with Crippen LogP contribution in [0.3, 0.4) is 0 Å². The molecular weight excluding hydrogens is 346 g/mol. The van der Waals surface area contributed by atoms with Gasteiger partial charge in [0.05, 0.1) is 18.3 Å². The molecule has 132 valence electrons. The number of aryl methyl sites for hydroxylation is 1. The van der Waals surface area contributed by atoms with Gasteiger partial charge in [-0.2, -0.15) is 0 Å². The summed E-state index contributed by atoms with van der Waals surface area (Å²) >= 11 is 0. The number of phenolic OH excluding ortho intramolecular Hbond substituents is 2. The van der Waals surface area contributed by atoms with E-state index in [-0.39, 0.29) is 22.2 Å². The average Bonchev–Trinajstić information content (AvgIpc) is 3.00. The molecule has 3 aromatic rings. The smallest absolute Gasteiger partial charge is 0.226 e. The van der Waals surface area contributed by atoms with Gasteiger partial charge in [-0.3, -0.25) is 4.98 Å². The van der Waals surface area contributed by atoms with Crippen LogP contribution in [0.4, 0.5) is 0 Å². The van der Waals surface area contributed by atoms with Crippen molar-refractivity contribution in [3.8, 4) is 17.2 Å². The molecule has 25 heavy (non-hydrogen) atoms. The highest BCUT2D eigenvalue weighted by Crippen LogP contribution is 2.33. The van der Waals surface area contributed by atoms with Gasteiger partial charge in [-0.15, -0.1) is 0 Å². The molecule has 1 aromatic carbocycles. The summed E-state index contributed by atoms with van der Waals surface area (Å²) in [6.45, 7) is 3.57. The van der Waals surface area contributed by atoms with E-state index in [1.54, 1.807) is 13.1 Å². The molecule has 0 fully saturated rings. The van der Waals surface area contributed by atoms with Crippen molar-refractivity contribution in [1.29, 1.82) is 0 Å². The van der Waals surface area contributed by atoms with Crippen LogP contribution in [0, 0.1) is 13.8 Å². The molecule has 0 atom stereocenters. The largest absolute Gasteiger partial charge is 0.504 e. The second kappa shape index (κ2) is 5.92. The highest BCUT2D eigenvalue weighted by atomic mass is 32.2. The van der Waals surface area contributed by atoms with E-state index in [4.69, 9.17) is 4.74 Å². The van der Waals surface area contributed by atoms with Crippen LogP contribution < -0.4 is 4.74 Å². The van der Waals surface area contributed by atoms with Crippen LogP contribution in [-0.4, -0.2) is 40.7 Å². The molecule has 0 radical (unpaired) electrons. The minimum absolute atomic E-state index is 0.00950. The van der Waals surface area contributed by atoms with Gasteiger partial charge in [0, 0.05) is 17.3 Å². The van der Waals surface area contributed by atoms with Crippen molar-refractivity contribution >= 4 is 20.9 Å². The number of nitrogens with one attached hydrogen (secondary N) is 1. The van der Waals surface area contributed by atoms with E-state index in [2.05, 4.69) is 15.0 Å². The van der Waals surface area contributed by atoms with E-state index < -0.39 is 15.6 Å². The molecule has 0 aliphatic heterocycles. The number of pyridine rings is 1. The third-order valence-electron chi connectivity index (χ3n) is 3.96. The number of fused-ring (bicyclic) bond motifs is 1. The number of hydrogen-bond acceptors (Lipinski definition) is 7. The summed E-state index contributed by atoms with van der Waals surface area (Å²) in [6, 6.07) is 2.69. The number of benzene rings is 1. The van der Waals surface area contributed by atoms with Crippen molar-refractivity contribution in [2.75, 3.05) is 7.11 Å². The molecule has 0 bridgehead atoms. The Bertz CT molecular complexity index is 1070. The molecular formula is C16H17N3O5S. The number of nitrogens with zero attached hydrogens (tertiary/aromatic N) is 2. The van der Waals surface area contributed by atoms with Gasteiger partial charge in [0.2, 0.25) is 15.0 Å². The number of rotatable bonds is 4. The quantitative estimate of drug-likeness (QED) is 0.605. The first-order chi connectivity index (χ1) is 11.7. The Hall–Kier alpha value is -2.81. The summed E-state index contributed by atoms with van der Waals surface area (Å²) in [5.74, 6) is -0.625. The Morgan fingerprint density at radius 3 is 2.64 bits per heavy atom. The summed E-state index contributed by atoms with van der Waals surface area (Å²) in [7, 11) is -2.33. The second-order valence-corrected chi connectivity index (χ2v) is 7.58. The molecule has 9 heteroatoms. The minimum atomic E-state index is -3.84. The molecule has 3 N–H and O–H groups in total. The lowest BCUT2D eigenvalue weighted by Crippen LogP contribution is -2.10. The van der Waals surface area contributed by atoms with Gasteiger partial charge in [-0.25, -0.2) is 13.4 Å². The van der Waals surface area contributed by atoms with Crippen LogP contribution in [0.5, 0.6) is 17.2 Å². The molecule has 2 heterocycles. The van der Waals surface area contributed by atoms with Gasteiger partial charge in [0.25, 0.3) is 0 Å². The topological polar surface area (TPSA) is 125 Å². The number of sulfone groups is 1. The Kier molecular flexibility index (Phi) is 4.03. The van der Waals surface area contributed by atoms with Crippen LogP contribution in [0.1, 0.15) is 16.8 Å². The molecule has 0 amide bonds.